The molecule has 1 aliphatic rings. The third-order valence-corrected chi connectivity index (χ3v) is 6.29. The van der Waals surface area contributed by atoms with Crippen molar-refractivity contribution < 1.29 is 18.5 Å². The molecule has 0 atom stereocenters. The van der Waals surface area contributed by atoms with E-state index in [4.69, 9.17) is 4.52 Å². The predicted octanol–water partition coefficient (Wildman–Crippen LogP) is 3.27. The van der Waals surface area contributed by atoms with Crippen LogP contribution in [0.3, 0.4) is 0 Å². The number of thiophene rings is 1. The fraction of sp³-hybridized carbons (Fsp3) is 0.364. The number of carbonyl (C=O) groups is 2. The lowest BCUT2D eigenvalue weighted by Gasteiger charge is -2.27. The van der Waals surface area contributed by atoms with Crippen molar-refractivity contribution in [3.63, 3.8) is 0 Å². The van der Waals surface area contributed by atoms with Gasteiger partial charge >= 0.3 is 0 Å². The van der Waals surface area contributed by atoms with E-state index in [2.05, 4.69) is 26.9 Å². The number of nitrogens with one attached hydrogen (secondary N) is 1. The Bertz CT molecular complexity index is 1090. The van der Waals surface area contributed by atoms with Gasteiger partial charge in [-0.1, -0.05) is 5.16 Å². The Morgan fingerprint density at radius 3 is 3.00 bits per heavy atom. The quantitative estimate of drug-likeness (QED) is 0.607. The number of hydrogen-bond acceptors (Lipinski definition) is 6. The van der Waals surface area contributed by atoms with Gasteiger partial charge in [-0.3, -0.25) is 9.59 Å². The van der Waals surface area contributed by atoms with Crippen LogP contribution in [-0.4, -0.2) is 39.9 Å². The number of nitrogens with zero attached hydrogens (tertiary/aromatic N) is 3. The molecule has 0 radical (unpaired) electrons. The molecule has 1 aromatic carbocycles. The molecule has 0 aliphatic carbocycles. The summed E-state index contributed by atoms with van der Waals surface area (Å²) in [5.41, 5.74) is 2.38. The lowest BCUT2D eigenvalue weighted by Crippen LogP contribution is -2.37. The van der Waals surface area contributed by atoms with E-state index in [0.29, 0.717) is 42.4 Å². The summed E-state index contributed by atoms with van der Waals surface area (Å²) >= 11 is 1.74. The van der Waals surface area contributed by atoms with Crippen molar-refractivity contribution in [1.82, 2.24) is 20.4 Å². The van der Waals surface area contributed by atoms with Crippen LogP contribution in [0.5, 0.6) is 0 Å². The number of halogens is 1. The van der Waals surface area contributed by atoms with Gasteiger partial charge in [-0.2, -0.15) is 4.98 Å². The number of aryl methyl sites for hydroxylation is 2. The second-order valence-corrected chi connectivity index (χ2v) is 8.51. The van der Waals surface area contributed by atoms with Crippen LogP contribution in [0.4, 0.5) is 4.39 Å². The third-order valence-electron chi connectivity index (χ3n) is 5.27. The second kappa shape index (κ2) is 9.38. The topological polar surface area (TPSA) is 88.3 Å². The largest absolute Gasteiger partial charge is 0.356 e. The first kappa shape index (κ1) is 21.2. The normalized spacial score (nSPS) is 13.2. The van der Waals surface area contributed by atoms with Crippen molar-refractivity contribution in [2.75, 3.05) is 13.1 Å². The van der Waals surface area contributed by atoms with Gasteiger partial charge < -0.3 is 14.7 Å². The van der Waals surface area contributed by atoms with E-state index in [-0.39, 0.29) is 30.5 Å². The minimum Gasteiger partial charge on any atom is -0.356 e. The van der Waals surface area contributed by atoms with Crippen LogP contribution in [0.15, 0.2) is 34.2 Å². The Morgan fingerprint density at radius 2 is 2.16 bits per heavy atom. The van der Waals surface area contributed by atoms with Gasteiger partial charge in [0.2, 0.25) is 23.5 Å². The molecule has 2 amide bonds. The van der Waals surface area contributed by atoms with Crippen LogP contribution in [0.1, 0.15) is 34.7 Å². The van der Waals surface area contributed by atoms with Gasteiger partial charge in [0.15, 0.2) is 0 Å². The van der Waals surface area contributed by atoms with Gasteiger partial charge in [-0.05, 0) is 54.1 Å². The number of benzene rings is 1. The first-order valence-corrected chi connectivity index (χ1v) is 11.1. The number of hydrogen-bond donors (Lipinski definition) is 1. The van der Waals surface area contributed by atoms with Crippen molar-refractivity contribution in [2.45, 2.75) is 39.2 Å². The molecule has 0 saturated heterocycles. The molecule has 31 heavy (non-hydrogen) atoms. The number of aromatic nitrogens is 2. The van der Waals surface area contributed by atoms with Crippen LogP contribution in [0.25, 0.3) is 11.4 Å². The Hall–Kier alpha value is -3.07. The highest BCUT2D eigenvalue weighted by molar-refractivity contribution is 7.10. The van der Waals surface area contributed by atoms with E-state index < -0.39 is 0 Å². The molecule has 1 aliphatic heterocycles. The molecule has 0 bridgehead atoms. The SMILES string of the molecule is Cc1cc(-c2noc(CCC(=O)NCCC(=O)N3CCc4sccc4C3)n2)ccc1F. The lowest BCUT2D eigenvalue weighted by atomic mass is 10.1. The fourth-order valence-electron chi connectivity index (χ4n) is 3.49. The maximum absolute atomic E-state index is 13.4. The van der Waals surface area contributed by atoms with E-state index in [0.717, 1.165) is 13.0 Å². The summed E-state index contributed by atoms with van der Waals surface area (Å²) in [6.07, 6.45) is 1.65. The molecule has 3 aromatic rings. The van der Waals surface area contributed by atoms with Gasteiger partial charge in [0.1, 0.15) is 5.82 Å². The van der Waals surface area contributed by atoms with Crippen LogP contribution in [0, 0.1) is 12.7 Å². The summed E-state index contributed by atoms with van der Waals surface area (Å²) in [7, 11) is 0. The summed E-state index contributed by atoms with van der Waals surface area (Å²) in [6.45, 7) is 3.35. The monoisotopic (exact) mass is 442 g/mol. The van der Waals surface area contributed by atoms with Crippen molar-refractivity contribution in [2.24, 2.45) is 0 Å². The average Bonchev–Trinajstić information content (AvgIpc) is 3.43. The van der Waals surface area contributed by atoms with Gasteiger partial charge in [-0.25, -0.2) is 4.39 Å². The Labute approximate surface area is 183 Å². The molecule has 0 fully saturated rings. The highest BCUT2D eigenvalue weighted by Crippen LogP contribution is 2.24. The van der Waals surface area contributed by atoms with Crippen molar-refractivity contribution >= 4 is 23.2 Å². The van der Waals surface area contributed by atoms with Crippen molar-refractivity contribution in [1.29, 1.82) is 0 Å². The van der Waals surface area contributed by atoms with E-state index in [1.165, 1.54) is 16.5 Å². The highest BCUT2D eigenvalue weighted by atomic mass is 32.1. The Balaban J connectivity index is 1.19. The van der Waals surface area contributed by atoms with Crippen LogP contribution >= 0.6 is 11.3 Å². The van der Waals surface area contributed by atoms with Crippen molar-refractivity contribution in [3.05, 3.63) is 57.4 Å². The van der Waals surface area contributed by atoms with Crippen LogP contribution in [-0.2, 0) is 29.0 Å². The van der Waals surface area contributed by atoms with Crippen molar-refractivity contribution in [3.8, 4) is 11.4 Å². The third kappa shape index (κ3) is 5.16. The van der Waals surface area contributed by atoms with E-state index >= 15 is 0 Å². The summed E-state index contributed by atoms with van der Waals surface area (Å²) in [4.78, 5) is 32.0. The first-order valence-electron chi connectivity index (χ1n) is 10.2. The molecule has 4 rings (SSSR count). The van der Waals surface area contributed by atoms with E-state index in [9.17, 15) is 14.0 Å². The van der Waals surface area contributed by atoms with E-state index in [1.54, 1.807) is 30.4 Å². The highest BCUT2D eigenvalue weighted by Gasteiger charge is 2.21. The smallest absolute Gasteiger partial charge is 0.227 e. The van der Waals surface area contributed by atoms with Crippen LogP contribution in [0.2, 0.25) is 0 Å². The molecular weight excluding hydrogens is 419 g/mol. The molecule has 0 unspecified atom stereocenters. The molecule has 0 saturated carbocycles. The summed E-state index contributed by atoms with van der Waals surface area (Å²) in [5, 5.41) is 8.73. The zero-order chi connectivity index (χ0) is 21.8. The molecule has 1 N–H and O–H groups in total. The standard InChI is InChI=1S/C22H23FN4O3S/c1-14-12-15(2-3-17(14)23)22-25-20(30-26-22)5-4-19(28)24-9-6-21(29)27-10-7-18-16(13-27)8-11-31-18/h2-3,8,11-12H,4-7,9-10,13H2,1H3,(H,24,28). The molecule has 3 heterocycles. The van der Waals surface area contributed by atoms with Gasteiger partial charge in [-0.15, -0.1) is 11.3 Å². The second-order valence-electron chi connectivity index (χ2n) is 7.51. The number of rotatable bonds is 7. The summed E-state index contributed by atoms with van der Waals surface area (Å²) < 4.78 is 18.6. The maximum Gasteiger partial charge on any atom is 0.227 e. The summed E-state index contributed by atoms with van der Waals surface area (Å²) in [5.74, 6) is 0.277. The minimum absolute atomic E-state index is 0.0493. The number of fused-ring (bicyclic) bond motifs is 1. The molecule has 162 valence electrons. The minimum atomic E-state index is -0.292. The molecular formula is C22H23FN4O3S. The fourth-order valence-corrected chi connectivity index (χ4v) is 4.38. The lowest BCUT2D eigenvalue weighted by molar-refractivity contribution is -0.132. The number of amides is 2. The molecule has 2 aromatic heterocycles. The predicted molar refractivity (Wildman–Crippen MR) is 114 cm³/mol. The average molecular weight is 443 g/mol. The molecule has 0 spiro atoms. The molecule has 9 heteroatoms. The first-order chi connectivity index (χ1) is 15.0. The molecule has 7 nitrogen and oxygen atoms in total. The van der Waals surface area contributed by atoms with Crippen LogP contribution < -0.4 is 5.32 Å². The Kier molecular flexibility index (Phi) is 6.41. The summed E-state index contributed by atoms with van der Waals surface area (Å²) in [6, 6.07) is 6.66. The van der Waals surface area contributed by atoms with E-state index in [1.807, 2.05) is 4.90 Å². The van der Waals surface area contributed by atoms with Gasteiger partial charge in [0.05, 0.1) is 0 Å². The zero-order valence-electron chi connectivity index (χ0n) is 17.2. The Morgan fingerprint density at radius 1 is 1.29 bits per heavy atom. The zero-order valence-corrected chi connectivity index (χ0v) is 18.0. The number of carbonyl (C=O) groups excluding carboxylic acids is 2. The maximum atomic E-state index is 13.4. The van der Waals surface area contributed by atoms with Gasteiger partial charge in [0.25, 0.3) is 0 Å². The van der Waals surface area contributed by atoms with Gasteiger partial charge in [0, 0.05) is 49.3 Å².